The van der Waals surface area contributed by atoms with Crippen LogP contribution in [-0.2, 0) is 59.7 Å². The molecule has 28 heteroatoms. The summed E-state index contributed by atoms with van der Waals surface area (Å²) in [6.45, 7) is 0. The predicted octanol–water partition coefficient (Wildman–Crippen LogP) is 17.8. The van der Waals surface area contributed by atoms with Crippen molar-refractivity contribution in [1.82, 2.24) is 0 Å². The summed E-state index contributed by atoms with van der Waals surface area (Å²) in [6.07, 6.45) is -46.1. The molecule has 0 unspecified atom stereocenters. The first-order valence-electron chi connectivity index (χ1n) is 21.6. The van der Waals surface area contributed by atoms with E-state index >= 15 is 26.3 Å². The monoisotopic (exact) mass is 1150 g/mol. The number of benzene rings is 7. The van der Waals surface area contributed by atoms with Gasteiger partial charge in [-0.05, 0) is 93.5 Å². The van der Waals surface area contributed by atoms with Crippen LogP contribution in [-0.4, -0.2) is 17.4 Å². The quantitative estimate of drug-likeness (QED) is 0.0860. The fourth-order valence-corrected chi connectivity index (χ4v) is 9.09. The molecule has 7 aromatic carbocycles. The lowest BCUT2D eigenvalue weighted by Crippen LogP contribution is -2.39. The van der Waals surface area contributed by atoms with Gasteiger partial charge in [0.1, 0.15) is 5.60 Å². The number of rotatable bonds is 9. The van der Waals surface area contributed by atoms with Crippen molar-refractivity contribution in [3.63, 3.8) is 0 Å². The highest BCUT2D eigenvalue weighted by molar-refractivity contribution is 6.33. The zero-order chi connectivity index (χ0) is 59.0. The Hall–Kier alpha value is -7.20. The van der Waals surface area contributed by atoms with E-state index in [1.54, 1.807) is 0 Å². The lowest BCUT2D eigenvalue weighted by molar-refractivity contribution is -0.143. The Morgan fingerprint density at radius 3 is 0.734 bits per heavy atom. The van der Waals surface area contributed by atoms with E-state index in [4.69, 9.17) is 4.65 Å². The summed E-state index contributed by atoms with van der Waals surface area (Å²) in [5.74, 6) is 0. The van der Waals surface area contributed by atoms with E-state index in [1.807, 2.05) is 0 Å². The normalized spacial score (nSPS) is 13.5. The van der Waals surface area contributed by atoms with Crippen molar-refractivity contribution in [2.75, 3.05) is 0 Å². The van der Waals surface area contributed by atoms with Crippen LogP contribution in [0.5, 0.6) is 0 Å². The topological polar surface area (TPSA) is 49.7 Å². The molecule has 0 aliphatic heterocycles. The molecule has 0 saturated carbocycles. The third kappa shape index (κ3) is 11.8. The van der Waals surface area contributed by atoms with Crippen molar-refractivity contribution in [3.05, 3.63) is 201 Å². The second-order valence-electron chi connectivity index (χ2n) is 16.9. The molecule has 0 bridgehead atoms. The van der Waals surface area contributed by atoms with Gasteiger partial charge in [-0.1, -0.05) is 84.9 Å². The summed E-state index contributed by atoms with van der Waals surface area (Å²) in [5, 5.41) is 21.2. The molecule has 0 atom stereocenters. The predicted molar refractivity (Wildman–Crippen MR) is 232 cm³/mol. The maximum absolute atomic E-state index is 15.1. The highest BCUT2D eigenvalue weighted by atomic mass is 19.4. The summed E-state index contributed by atoms with van der Waals surface area (Å²) in [4.78, 5) is 0. The van der Waals surface area contributed by atoms with E-state index in [2.05, 4.69) is 0 Å². The van der Waals surface area contributed by atoms with Gasteiger partial charge in [0.05, 0.1) is 44.5 Å². The molecule has 418 valence electrons. The Morgan fingerprint density at radius 2 is 0.494 bits per heavy atom. The highest BCUT2D eigenvalue weighted by Gasteiger charge is 2.49. The SMILES string of the molecule is OB(O)OC(c1ccc(-c2c(C(F)(F)F)cccc2C(F)(F)F)cc1)(c1ccc(-c2c(C(F)(F)F)cccc2C(F)(F)F)cc1)c1ccc(-c2c(C(F)(F)F)cccc2C(F)(F)F)c(-c2c(C(F)(F)F)cccc2C(F)(F)F)c1. The molecule has 0 spiro atoms. The van der Waals surface area contributed by atoms with Crippen LogP contribution in [0.4, 0.5) is 105 Å². The zero-order valence-corrected chi connectivity index (χ0v) is 38.2. The average molecular weight is 1150 g/mol. The molecular weight excluding hydrogens is 1130 g/mol. The van der Waals surface area contributed by atoms with Gasteiger partial charge in [-0.3, -0.25) is 0 Å². The highest BCUT2D eigenvalue weighted by Crippen LogP contribution is 2.55. The minimum absolute atomic E-state index is 0.00802. The van der Waals surface area contributed by atoms with Gasteiger partial charge < -0.3 is 14.7 Å². The number of hydrogen-bond acceptors (Lipinski definition) is 3. The second-order valence-corrected chi connectivity index (χ2v) is 16.9. The number of halogens is 24. The molecule has 0 radical (unpaired) electrons. The fraction of sp³-hybridized carbons (Fsp3) is 0.176. The van der Waals surface area contributed by atoms with Crippen LogP contribution < -0.4 is 0 Å². The first-order chi connectivity index (χ1) is 36.1. The molecule has 3 nitrogen and oxygen atoms in total. The van der Waals surface area contributed by atoms with Gasteiger partial charge in [0, 0.05) is 22.3 Å². The third-order valence-electron chi connectivity index (χ3n) is 12.1. The Bertz CT molecular complexity index is 3130. The van der Waals surface area contributed by atoms with Crippen molar-refractivity contribution in [2.45, 2.75) is 55.0 Å². The molecular formula is C51H25BF24O3. The maximum Gasteiger partial charge on any atom is 0.635 e. The Labute approximate surface area is 427 Å². The van der Waals surface area contributed by atoms with Crippen LogP contribution in [0.15, 0.2) is 140 Å². The van der Waals surface area contributed by atoms with Gasteiger partial charge in [-0.2, -0.15) is 105 Å². The lowest BCUT2D eigenvalue weighted by atomic mass is 9.75. The minimum Gasteiger partial charge on any atom is -0.402 e. The van der Waals surface area contributed by atoms with Crippen LogP contribution in [0.25, 0.3) is 44.5 Å². The van der Waals surface area contributed by atoms with Gasteiger partial charge in [0.2, 0.25) is 0 Å². The van der Waals surface area contributed by atoms with Crippen molar-refractivity contribution in [1.29, 1.82) is 0 Å². The smallest absolute Gasteiger partial charge is 0.402 e. The van der Waals surface area contributed by atoms with E-state index in [-0.39, 0.29) is 72.8 Å². The molecule has 79 heavy (non-hydrogen) atoms. The number of alkyl halides is 24. The van der Waals surface area contributed by atoms with Crippen LogP contribution in [0.1, 0.15) is 61.2 Å². The van der Waals surface area contributed by atoms with Crippen molar-refractivity contribution < 1.29 is 120 Å². The molecule has 0 saturated heterocycles. The minimum atomic E-state index is -6.01. The second kappa shape index (κ2) is 20.2. The van der Waals surface area contributed by atoms with E-state index in [0.29, 0.717) is 66.7 Å². The summed E-state index contributed by atoms with van der Waals surface area (Å²) >= 11 is 0. The van der Waals surface area contributed by atoms with Gasteiger partial charge >= 0.3 is 56.7 Å². The van der Waals surface area contributed by atoms with Crippen molar-refractivity contribution in [3.8, 4) is 44.5 Å². The molecule has 7 rings (SSSR count). The summed E-state index contributed by atoms with van der Waals surface area (Å²) in [7, 11) is -3.40. The molecule has 2 N–H and O–H groups in total. The van der Waals surface area contributed by atoms with Crippen LogP contribution in [0, 0.1) is 0 Å². The molecule has 0 aromatic heterocycles. The van der Waals surface area contributed by atoms with Crippen LogP contribution in [0.2, 0.25) is 0 Å². The van der Waals surface area contributed by atoms with Crippen LogP contribution in [0.3, 0.4) is 0 Å². The van der Waals surface area contributed by atoms with Crippen molar-refractivity contribution >= 4 is 7.32 Å². The summed E-state index contributed by atoms with van der Waals surface area (Å²) < 4.78 is 358. The van der Waals surface area contributed by atoms with Gasteiger partial charge in [-0.15, -0.1) is 0 Å². The summed E-state index contributed by atoms with van der Waals surface area (Å²) in [5.41, 5.74) is -37.0. The molecule has 0 aliphatic rings. The van der Waals surface area contributed by atoms with Crippen LogP contribution >= 0.6 is 0 Å². The largest absolute Gasteiger partial charge is 0.635 e. The van der Waals surface area contributed by atoms with Crippen molar-refractivity contribution in [2.24, 2.45) is 0 Å². The molecule has 0 aliphatic carbocycles. The third-order valence-corrected chi connectivity index (χ3v) is 12.1. The average Bonchev–Trinajstić information content (AvgIpc) is 3.35. The molecule has 0 amide bonds. The maximum atomic E-state index is 15.1. The Morgan fingerprint density at radius 1 is 0.266 bits per heavy atom. The molecule has 0 fully saturated rings. The molecule has 7 aromatic rings. The zero-order valence-electron chi connectivity index (χ0n) is 38.2. The van der Waals surface area contributed by atoms with Gasteiger partial charge in [0.25, 0.3) is 0 Å². The summed E-state index contributed by atoms with van der Waals surface area (Å²) in [6, 6.07) is 5.60. The first-order valence-corrected chi connectivity index (χ1v) is 21.6. The first kappa shape index (κ1) is 59.5. The fourth-order valence-electron chi connectivity index (χ4n) is 9.09. The lowest BCUT2D eigenvalue weighted by Gasteiger charge is -2.37. The van der Waals surface area contributed by atoms with E-state index in [0.717, 1.165) is 0 Å². The van der Waals surface area contributed by atoms with E-state index in [9.17, 15) is 89.1 Å². The Balaban J connectivity index is 1.71. The standard InChI is InChI=1S/C51H25BF24O3/c53-44(54,55)31-5-1-6-32(45(56,57)58)39(31)24-13-17-26(18-14-24)43(79-52(77)78,27-19-15-25(16-20-27)40-33(46(59,60)61)7-2-8-34(40)47(62,63)64)28-21-22-29(41-35(48(65,66)67)9-3-10-36(41)49(68,69)70)30(23-28)42-37(50(71,72)73)11-4-12-38(42)51(74,75)76/h1-23,77-78H. The number of hydrogen-bond donors (Lipinski definition) is 2. The Kier molecular flexibility index (Phi) is 15.2. The molecule has 0 heterocycles. The van der Waals surface area contributed by atoms with E-state index < -0.39 is 168 Å². The van der Waals surface area contributed by atoms with Gasteiger partial charge in [0.15, 0.2) is 0 Å². The van der Waals surface area contributed by atoms with E-state index in [1.165, 1.54) is 0 Å². The van der Waals surface area contributed by atoms with Gasteiger partial charge in [-0.25, -0.2) is 0 Å².